The van der Waals surface area contributed by atoms with Gasteiger partial charge in [-0.3, -0.25) is 19.8 Å². The van der Waals surface area contributed by atoms with Crippen molar-refractivity contribution < 1.29 is 9.72 Å². The fourth-order valence-electron chi connectivity index (χ4n) is 2.49. The second kappa shape index (κ2) is 8.22. The molecule has 0 saturated carbocycles. The molecular weight excluding hydrogens is 386 g/mol. The van der Waals surface area contributed by atoms with E-state index < -0.39 is 4.92 Å². The van der Waals surface area contributed by atoms with Gasteiger partial charge in [0.25, 0.3) is 5.69 Å². The van der Waals surface area contributed by atoms with Crippen molar-refractivity contribution in [3.8, 4) is 0 Å². The highest BCUT2D eigenvalue weighted by atomic mass is 79.9. The Labute approximate surface area is 155 Å². The fraction of sp³-hybridized carbons (Fsp3) is 0.278. The number of carbonyl (C=O) groups is 1. The predicted molar refractivity (Wildman–Crippen MR) is 102 cm³/mol. The highest BCUT2D eigenvalue weighted by molar-refractivity contribution is 9.10. The van der Waals surface area contributed by atoms with Crippen LogP contribution in [0.5, 0.6) is 0 Å². The zero-order valence-electron chi connectivity index (χ0n) is 14.4. The monoisotopic (exact) mass is 405 g/mol. The summed E-state index contributed by atoms with van der Waals surface area (Å²) >= 11 is 3.39. The van der Waals surface area contributed by atoms with Crippen LogP contribution in [-0.4, -0.2) is 29.3 Å². The second-order valence-electron chi connectivity index (χ2n) is 6.01. The normalized spacial score (nSPS) is 10.8. The first-order valence-electron chi connectivity index (χ1n) is 7.75. The van der Waals surface area contributed by atoms with E-state index in [1.54, 1.807) is 13.0 Å². The van der Waals surface area contributed by atoms with Crippen LogP contribution in [-0.2, 0) is 11.3 Å². The summed E-state index contributed by atoms with van der Waals surface area (Å²) in [6.07, 6.45) is 0. The van der Waals surface area contributed by atoms with Gasteiger partial charge in [-0.2, -0.15) is 0 Å². The Hall–Kier alpha value is -2.25. The summed E-state index contributed by atoms with van der Waals surface area (Å²) in [6.45, 7) is 4.37. The van der Waals surface area contributed by atoms with E-state index in [0.29, 0.717) is 12.1 Å². The van der Waals surface area contributed by atoms with Crippen LogP contribution in [0.25, 0.3) is 0 Å². The Morgan fingerprint density at radius 2 is 1.84 bits per heavy atom. The van der Waals surface area contributed by atoms with Gasteiger partial charge in [0.15, 0.2) is 0 Å². The number of hydrogen-bond acceptors (Lipinski definition) is 4. The van der Waals surface area contributed by atoms with Gasteiger partial charge in [0.2, 0.25) is 5.91 Å². The Balaban J connectivity index is 2.06. The molecule has 0 unspecified atom stereocenters. The van der Waals surface area contributed by atoms with Crippen molar-refractivity contribution >= 4 is 33.2 Å². The third-order valence-corrected chi connectivity index (χ3v) is 4.48. The number of likely N-dealkylation sites (N-methyl/N-ethyl adjacent to an activating group) is 1. The minimum atomic E-state index is -0.479. The van der Waals surface area contributed by atoms with Crippen LogP contribution in [0.1, 0.15) is 16.7 Å². The third-order valence-electron chi connectivity index (χ3n) is 3.95. The molecule has 1 amide bonds. The summed E-state index contributed by atoms with van der Waals surface area (Å²) in [5, 5.41) is 13.9. The topological polar surface area (TPSA) is 75.5 Å². The number of halogens is 1. The maximum Gasteiger partial charge on any atom is 0.293 e. The SMILES string of the molecule is Cc1ccc([N+](=O)[O-])c(NC(=O)CN(C)Cc2ccc(Br)cc2)c1C. The summed E-state index contributed by atoms with van der Waals surface area (Å²) in [6, 6.07) is 11.0. The molecule has 0 aromatic heterocycles. The molecule has 0 radical (unpaired) electrons. The molecule has 6 nitrogen and oxygen atoms in total. The van der Waals surface area contributed by atoms with Gasteiger partial charge in [0.05, 0.1) is 11.5 Å². The molecule has 25 heavy (non-hydrogen) atoms. The molecule has 0 atom stereocenters. The lowest BCUT2D eigenvalue weighted by atomic mass is 10.1. The standard InChI is InChI=1S/C18H20BrN3O3/c1-12-4-9-16(22(24)25)18(13(12)2)20-17(23)11-21(3)10-14-5-7-15(19)8-6-14/h4-9H,10-11H2,1-3H3,(H,20,23). The average Bonchev–Trinajstić information content (AvgIpc) is 2.53. The molecule has 2 aromatic rings. The molecule has 0 spiro atoms. The number of carbonyl (C=O) groups excluding carboxylic acids is 1. The van der Waals surface area contributed by atoms with E-state index in [1.165, 1.54) is 6.07 Å². The molecule has 0 heterocycles. The molecule has 2 rings (SSSR count). The lowest BCUT2D eigenvalue weighted by molar-refractivity contribution is -0.384. The van der Waals surface area contributed by atoms with Crippen LogP contribution in [0.15, 0.2) is 40.9 Å². The van der Waals surface area contributed by atoms with Crippen LogP contribution in [0.4, 0.5) is 11.4 Å². The van der Waals surface area contributed by atoms with Gasteiger partial charge in [-0.1, -0.05) is 34.1 Å². The van der Waals surface area contributed by atoms with Crippen molar-refractivity contribution in [2.24, 2.45) is 0 Å². The van der Waals surface area contributed by atoms with Crippen molar-refractivity contribution in [2.45, 2.75) is 20.4 Å². The van der Waals surface area contributed by atoms with Crippen LogP contribution >= 0.6 is 15.9 Å². The Bertz CT molecular complexity index is 791. The van der Waals surface area contributed by atoms with E-state index in [-0.39, 0.29) is 23.8 Å². The molecule has 0 saturated heterocycles. The first-order chi connectivity index (χ1) is 11.8. The third kappa shape index (κ3) is 5.11. The van der Waals surface area contributed by atoms with Gasteiger partial charge in [0, 0.05) is 17.1 Å². The van der Waals surface area contributed by atoms with Gasteiger partial charge in [-0.25, -0.2) is 0 Å². The van der Waals surface area contributed by atoms with Crippen molar-refractivity contribution in [3.63, 3.8) is 0 Å². The second-order valence-corrected chi connectivity index (χ2v) is 6.92. The summed E-state index contributed by atoms with van der Waals surface area (Å²) in [5.41, 5.74) is 2.86. The van der Waals surface area contributed by atoms with Gasteiger partial charge in [-0.15, -0.1) is 0 Å². The van der Waals surface area contributed by atoms with Crippen molar-refractivity contribution in [1.82, 2.24) is 4.90 Å². The molecule has 0 aliphatic rings. The lowest BCUT2D eigenvalue weighted by Gasteiger charge is -2.17. The van der Waals surface area contributed by atoms with E-state index in [4.69, 9.17) is 0 Å². The molecule has 0 bridgehead atoms. The molecule has 7 heteroatoms. The maximum absolute atomic E-state index is 12.3. The van der Waals surface area contributed by atoms with Crippen LogP contribution in [0, 0.1) is 24.0 Å². The largest absolute Gasteiger partial charge is 0.319 e. The number of anilines is 1. The molecule has 0 fully saturated rings. The van der Waals surface area contributed by atoms with Crippen LogP contribution in [0.2, 0.25) is 0 Å². The summed E-state index contributed by atoms with van der Waals surface area (Å²) in [4.78, 5) is 24.9. The number of rotatable bonds is 6. The number of nitrogens with zero attached hydrogens (tertiary/aromatic N) is 2. The molecule has 1 N–H and O–H groups in total. The van der Waals surface area contributed by atoms with E-state index in [9.17, 15) is 14.9 Å². The molecule has 0 aliphatic heterocycles. The smallest absolute Gasteiger partial charge is 0.293 e. The highest BCUT2D eigenvalue weighted by Crippen LogP contribution is 2.30. The Kier molecular flexibility index (Phi) is 6.27. The summed E-state index contributed by atoms with van der Waals surface area (Å²) < 4.78 is 0.999. The zero-order valence-corrected chi connectivity index (χ0v) is 16.0. The van der Waals surface area contributed by atoms with E-state index in [0.717, 1.165) is 15.6 Å². The fourth-order valence-corrected chi connectivity index (χ4v) is 2.76. The number of nitrogens with one attached hydrogen (secondary N) is 1. The first-order valence-corrected chi connectivity index (χ1v) is 8.54. The van der Waals surface area contributed by atoms with Crippen LogP contribution < -0.4 is 5.32 Å². The van der Waals surface area contributed by atoms with E-state index in [1.807, 2.05) is 43.1 Å². The number of hydrogen-bond donors (Lipinski definition) is 1. The van der Waals surface area contributed by atoms with Gasteiger partial charge < -0.3 is 5.32 Å². The Morgan fingerprint density at radius 3 is 2.44 bits per heavy atom. The Morgan fingerprint density at radius 1 is 1.20 bits per heavy atom. The molecule has 132 valence electrons. The number of nitro groups is 1. The van der Waals surface area contributed by atoms with Crippen molar-refractivity contribution in [1.29, 1.82) is 0 Å². The van der Waals surface area contributed by atoms with Gasteiger partial charge in [0.1, 0.15) is 5.69 Å². The number of amides is 1. The summed E-state index contributed by atoms with van der Waals surface area (Å²) in [7, 11) is 1.83. The van der Waals surface area contributed by atoms with E-state index in [2.05, 4.69) is 21.2 Å². The van der Waals surface area contributed by atoms with Crippen molar-refractivity contribution in [3.05, 3.63) is 67.7 Å². The van der Waals surface area contributed by atoms with Crippen LogP contribution in [0.3, 0.4) is 0 Å². The lowest BCUT2D eigenvalue weighted by Crippen LogP contribution is -2.30. The summed E-state index contributed by atoms with van der Waals surface area (Å²) in [5.74, 6) is -0.281. The number of nitro benzene ring substituents is 1. The van der Waals surface area contributed by atoms with Gasteiger partial charge >= 0.3 is 0 Å². The highest BCUT2D eigenvalue weighted by Gasteiger charge is 2.19. The number of aryl methyl sites for hydroxylation is 1. The number of benzene rings is 2. The molecular formula is C18H20BrN3O3. The predicted octanol–water partition coefficient (Wildman–Crippen LogP) is 4.04. The first kappa shape index (κ1) is 19.1. The quantitative estimate of drug-likeness (QED) is 0.580. The molecule has 2 aromatic carbocycles. The molecule has 0 aliphatic carbocycles. The van der Waals surface area contributed by atoms with Crippen molar-refractivity contribution in [2.75, 3.05) is 18.9 Å². The average molecular weight is 406 g/mol. The van der Waals surface area contributed by atoms with Gasteiger partial charge in [-0.05, 0) is 49.7 Å². The minimum absolute atomic E-state index is 0.0907. The minimum Gasteiger partial charge on any atom is -0.319 e. The zero-order chi connectivity index (χ0) is 18.6. The van der Waals surface area contributed by atoms with E-state index >= 15 is 0 Å². The maximum atomic E-state index is 12.3.